The second-order valence-corrected chi connectivity index (χ2v) is 3.35. The van der Waals surface area contributed by atoms with E-state index in [0.29, 0.717) is 0 Å². The molecule has 0 radical (unpaired) electrons. The average molecular weight is 154 g/mol. The monoisotopic (exact) mass is 154 g/mol. The van der Waals surface area contributed by atoms with Gasteiger partial charge in [-0.3, -0.25) is 0 Å². The number of likely N-dealkylation sites (tertiary alicyclic amines) is 1. The van der Waals surface area contributed by atoms with Crippen LogP contribution in [-0.2, 0) is 0 Å². The number of hydrogen-bond acceptors (Lipinski definition) is 1. The number of nitrogens with one attached hydrogen (secondary N) is 1. The van der Waals surface area contributed by atoms with Crippen LogP contribution in [0.2, 0.25) is 0 Å². The maximum Gasteiger partial charge on any atom is 0.0799 e. The van der Waals surface area contributed by atoms with Gasteiger partial charge in [-0.15, -0.1) is 0 Å². The molecule has 1 N–H and O–H groups in total. The van der Waals surface area contributed by atoms with Crippen LogP contribution in [0.25, 0.3) is 0 Å². The molecule has 0 bridgehead atoms. The minimum absolute atomic E-state index is 0.992. The molecule has 0 aliphatic carbocycles. The molecule has 2 heteroatoms. The van der Waals surface area contributed by atoms with Gasteiger partial charge in [-0.1, -0.05) is 13.8 Å². The molecule has 0 saturated carbocycles. The molecule has 0 aromatic rings. The normalized spacial score (nSPS) is 29.1. The van der Waals surface area contributed by atoms with Crippen LogP contribution < -0.4 is 4.90 Å². The van der Waals surface area contributed by atoms with Crippen LogP contribution in [0.15, 0.2) is 0 Å². The highest BCUT2D eigenvalue weighted by Crippen LogP contribution is 2.00. The summed E-state index contributed by atoms with van der Waals surface area (Å²) >= 11 is 0. The summed E-state index contributed by atoms with van der Waals surface area (Å²) in [5.74, 6) is 0.992. The summed E-state index contributed by atoms with van der Waals surface area (Å²) in [7, 11) is 0. The van der Waals surface area contributed by atoms with Gasteiger partial charge in [0.1, 0.15) is 0 Å². The summed E-state index contributed by atoms with van der Waals surface area (Å²) in [6, 6.07) is 0. The van der Waals surface area contributed by atoms with E-state index in [0.717, 1.165) is 5.92 Å². The lowest BCUT2D eigenvalue weighted by molar-refractivity contribution is -0.888. The van der Waals surface area contributed by atoms with Gasteiger partial charge >= 0.3 is 0 Å². The van der Waals surface area contributed by atoms with Gasteiger partial charge < -0.3 is 16.7 Å². The molecule has 2 unspecified atom stereocenters. The molecule has 1 heterocycles. The SMILES string of the molecule is CCC[NH+]1CCC(C)C1.[C-]#N. The average Bonchev–Trinajstić information content (AvgIpc) is 2.41. The third-order valence-electron chi connectivity index (χ3n) is 2.23. The molecule has 1 saturated heterocycles. The molecule has 64 valence electrons. The first kappa shape index (κ1) is 10.4. The van der Waals surface area contributed by atoms with Gasteiger partial charge in [0.25, 0.3) is 0 Å². The first-order chi connectivity index (χ1) is 5.33. The summed E-state index contributed by atoms with van der Waals surface area (Å²) in [6.45, 7) is 13.6. The molecule has 11 heavy (non-hydrogen) atoms. The van der Waals surface area contributed by atoms with Crippen molar-refractivity contribution in [3.05, 3.63) is 6.57 Å². The van der Waals surface area contributed by atoms with Crippen LogP contribution in [0.4, 0.5) is 0 Å². The molecule has 1 rings (SSSR count). The smallest absolute Gasteiger partial charge is 0.0799 e. The molecule has 0 spiro atoms. The van der Waals surface area contributed by atoms with E-state index in [4.69, 9.17) is 11.8 Å². The number of quaternary nitrogens is 1. The maximum atomic E-state index is 6.25. The summed E-state index contributed by atoms with van der Waals surface area (Å²) in [5.41, 5.74) is 0. The van der Waals surface area contributed by atoms with Crippen LogP contribution in [-0.4, -0.2) is 19.6 Å². The molecule has 2 nitrogen and oxygen atoms in total. The standard InChI is InChI=1S/C8H17N.CN/c1-3-5-9-6-4-8(2)7-9;1-2/h8H,3-7H2,1-2H3;/q;-1/p+1. The number of nitrogens with zero attached hydrogens (tertiary/aromatic N) is 1. The largest absolute Gasteiger partial charge is 0.512 e. The summed E-state index contributed by atoms with van der Waals surface area (Å²) in [5, 5.41) is 6.25. The van der Waals surface area contributed by atoms with E-state index < -0.39 is 0 Å². The first-order valence-electron chi connectivity index (χ1n) is 4.39. The van der Waals surface area contributed by atoms with E-state index >= 15 is 0 Å². The van der Waals surface area contributed by atoms with E-state index in [1.807, 2.05) is 4.90 Å². The highest BCUT2D eigenvalue weighted by atomic mass is 15.1. The zero-order valence-corrected chi connectivity index (χ0v) is 7.56. The fourth-order valence-corrected chi connectivity index (χ4v) is 1.73. The van der Waals surface area contributed by atoms with Crippen LogP contribution in [0.1, 0.15) is 26.7 Å². The molecular formula is C9H18N2. The number of hydrogen-bond donors (Lipinski definition) is 1. The van der Waals surface area contributed by atoms with Crippen molar-refractivity contribution in [3.63, 3.8) is 0 Å². The second-order valence-electron chi connectivity index (χ2n) is 3.35. The van der Waals surface area contributed by atoms with Crippen molar-refractivity contribution in [2.75, 3.05) is 19.6 Å². The molecular weight excluding hydrogens is 136 g/mol. The van der Waals surface area contributed by atoms with E-state index in [2.05, 4.69) is 13.8 Å². The fourth-order valence-electron chi connectivity index (χ4n) is 1.73. The van der Waals surface area contributed by atoms with Crippen molar-refractivity contribution in [1.82, 2.24) is 0 Å². The lowest BCUT2D eigenvalue weighted by atomic mass is 10.2. The quantitative estimate of drug-likeness (QED) is 0.574. The highest BCUT2D eigenvalue weighted by Gasteiger charge is 2.20. The van der Waals surface area contributed by atoms with Crippen LogP contribution >= 0.6 is 0 Å². The Balaban J connectivity index is 0.000000461. The summed E-state index contributed by atoms with van der Waals surface area (Å²) < 4.78 is 0. The molecule has 1 fully saturated rings. The van der Waals surface area contributed by atoms with Crippen molar-refractivity contribution in [2.24, 2.45) is 5.92 Å². The molecule has 0 amide bonds. The van der Waals surface area contributed by atoms with Crippen molar-refractivity contribution < 1.29 is 4.90 Å². The lowest BCUT2D eigenvalue weighted by Crippen LogP contribution is -3.10. The van der Waals surface area contributed by atoms with Crippen LogP contribution in [0.5, 0.6) is 0 Å². The predicted molar refractivity (Wildman–Crippen MR) is 44.6 cm³/mol. The Morgan fingerprint density at radius 3 is 2.55 bits per heavy atom. The van der Waals surface area contributed by atoms with Crippen LogP contribution in [0.3, 0.4) is 0 Å². The van der Waals surface area contributed by atoms with Gasteiger partial charge in [-0.05, 0) is 6.42 Å². The van der Waals surface area contributed by atoms with Gasteiger partial charge in [0.05, 0.1) is 19.6 Å². The van der Waals surface area contributed by atoms with Crippen molar-refractivity contribution in [2.45, 2.75) is 26.7 Å². The molecule has 0 aromatic carbocycles. The summed E-state index contributed by atoms with van der Waals surface area (Å²) in [4.78, 5) is 1.82. The molecule has 1 aliphatic rings. The summed E-state index contributed by atoms with van der Waals surface area (Å²) in [6.07, 6.45) is 2.80. The molecule has 1 aliphatic heterocycles. The zero-order valence-electron chi connectivity index (χ0n) is 7.56. The van der Waals surface area contributed by atoms with Gasteiger partial charge in [0.2, 0.25) is 0 Å². The number of rotatable bonds is 2. The Kier molecular flexibility index (Phi) is 5.87. The fraction of sp³-hybridized carbons (Fsp3) is 0.889. The van der Waals surface area contributed by atoms with Gasteiger partial charge in [-0.2, -0.15) is 0 Å². The molecule has 0 aromatic heterocycles. The second kappa shape index (κ2) is 6.18. The van der Waals surface area contributed by atoms with E-state index in [-0.39, 0.29) is 0 Å². The Morgan fingerprint density at radius 2 is 2.18 bits per heavy atom. The third-order valence-corrected chi connectivity index (χ3v) is 2.23. The Labute approximate surface area is 69.8 Å². The first-order valence-corrected chi connectivity index (χ1v) is 4.39. The minimum atomic E-state index is 0.992. The van der Waals surface area contributed by atoms with E-state index in [9.17, 15) is 0 Å². The minimum Gasteiger partial charge on any atom is -0.512 e. The predicted octanol–water partition coefficient (Wildman–Crippen LogP) is 0.417. The van der Waals surface area contributed by atoms with Crippen molar-refractivity contribution in [1.29, 1.82) is 5.26 Å². The van der Waals surface area contributed by atoms with Gasteiger partial charge in [-0.25, -0.2) is 0 Å². The van der Waals surface area contributed by atoms with Gasteiger partial charge in [0.15, 0.2) is 0 Å². The van der Waals surface area contributed by atoms with E-state index in [1.54, 1.807) is 0 Å². The van der Waals surface area contributed by atoms with Crippen molar-refractivity contribution >= 4 is 0 Å². The third kappa shape index (κ3) is 4.00. The van der Waals surface area contributed by atoms with Gasteiger partial charge in [0, 0.05) is 12.3 Å². The Bertz CT molecular complexity index is 107. The van der Waals surface area contributed by atoms with Crippen LogP contribution in [0, 0.1) is 17.8 Å². The lowest BCUT2D eigenvalue weighted by Gasteiger charge is -2.09. The Morgan fingerprint density at radius 1 is 1.55 bits per heavy atom. The van der Waals surface area contributed by atoms with E-state index in [1.165, 1.54) is 32.5 Å². The maximum absolute atomic E-state index is 6.25. The Hall–Kier alpha value is -0.550. The topological polar surface area (TPSA) is 28.2 Å². The zero-order chi connectivity index (χ0) is 8.69. The molecule has 2 atom stereocenters. The highest BCUT2D eigenvalue weighted by molar-refractivity contribution is 4.54. The van der Waals surface area contributed by atoms with Crippen molar-refractivity contribution in [3.8, 4) is 0 Å².